The maximum absolute atomic E-state index is 12.3. The Morgan fingerprint density at radius 2 is 1.72 bits per heavy atom. The zero-order valence-corrected chi connectivity index (χ0v) is 17.6. The molecule has 0 saturated carbocycles. The molecule has 1 atom stereocenters. The Kier molecular flexibility index (Phi) is 6.39. The molecule has 2 aromatic carbocycles. The first-order chi connectivity index (χ1) is 13.9. The molecule has 0 bridgehead atoms. The summed E-state index contributed by atoms with van der Waals surface area (Å²) in [6.45, 7) is 5.84. The number of aromatic nitrogens is 2. The highest BCUT2D eigenvalue weighted by molar-refractivity contribution is 8.00. The van der Waals surface area contributed by atoms with Gasteiger partial charge >= 0.3 is 6.09 Å². The normalized spacial score (nSPS) is 11.7. The third-order valence-corrected chi connectivity index (χ3v) is 5.59. The number of thioether (sulfide) groups is 1. The summed E-state index contributed by atoms with van der Waals surface area (Å²) in [5.41, 5.74) is 5.21. The standard InChI is InChI=1S/C22H23N3O3S/c1-14-9-8-10-15(2)19(14)25-18(17-11-6-5-7-12-17)13-23-21(25)29-16(3)20(26)24-22(27)28-4/h5-13,16H,1-4H3,(H,24,26,27)/t16-/m1/s1. The van der Waals surface area contributed by atoms with Gasteiger partial charge in [-0.25, -0.2) is 9.78 Å². The van der Waals surface area contributed by atoms with Gasteiger partial charge < -0.3 is 4.74 Å². The van der Waals surface area contributed by atoms with Crippen molar-refractivity contribution in [1.29, 1.82) is 0 Å². The van der Waals surface area contributed by atoms with E-state index in [4.69, 9.17) is 0 Å². The van der Waals surface area contributed by atoms with E-state index in [9.17, 15) is 9.59 Å². The van der Waals surface area contributed by atoms with E-state index in [-0.39, 0.29) is 0 Å². The van der Waals surface area contributed by atoms with E-state index in [0.29, 0.717) is 5.16 Å². The van der Waals surface area contributed by atoms with Gasteiger partial charge in [0.1, 0.15) is 0 Å². The number of hydrogen-bond donors (Lipinski definition) is 1. The zero-order chi connectivity index (χ0) is 21.0. The summed E-state index contributed by atoms with van der Waals surface area (Å²) >= 11 is 1.29. The van der Waals surface area contributed by atoms with Gasteiger partial charge in [0.15, 0.2) is 5.16 Å². The van der Waals surface area contributed by atoms with Crippen LogP contribution in [0.25, 0.3) is 16.9 Å². The predicted octanol–water partition coefficient (Wildman–Crippen LogP) is 4.52. The quantitative estimate of drug-likeness (QED) is 0.627. The summed E-state index contributed by atoms with van der Waals surface area (Å²) in [7, 11) is 1.22. The Hall–Kier alpha value is -3.06. The van der Waals surface area contributed by atoms with Crippen LogP contribution in [0.4, 0.5) is 4.79 Å². The average molecular weight is 410 g/mol. The maximum atomic E-state index is 12.3. The number of amides is 2. The van der Waals surface area contributed by atoms with Crippen LogP contribution in [0.15, 0.2) is 59.9 Å². The van der Waals surface area contributed by atoms with Crippen molar-refractivity contribution in [2.24, 2.45) is 0 Å². The minimum Gasteiger partial charge on any atom is -0.453 e. The minimum atomic E-state index is -0.773. The van der Waals surface area contributed by atoms with Gasteiger partial charge in [-0.15, -0.1) is 0 Å². The van der Waals surface area contributed by atoms with Crippen LogP contribution in [0.3, 0.4) is 0 Å². The molecule has 150 valence electrons. The highest BCUT2D eigenvalue weighted by Gasteiger charge is 2.23. The number of methoxy groups -OCH3 is 1. The van der Waals surface area contributed by atoms with Crippen LogP contribution in [0.5, 0.6) is 0 Å². The van der Waals surface area contributed by atoms with Crippen LogP contribution in [-0.4, -0.2) is 33.9 Å². The molecule has 0 spiro atoms. The number of para-hydroxylation sites is 1. The summed E-state index contributed by atoms with van der Waals surface area (Å²) in [6, 6.07) is 16.1. The highest BCUT2D eigenvalue weighted by atomic mass is 32.2. The van der Waals surface area contributed by atoms with Crippen molar-refractivity contribution < 1.29 is 14.3 Å². The molecule has 1 heterocycles. The second kappa shape index (κ2) is 8.96. The van der Waals surface area contributed by atoms with Crippen molar-refractivity contribution in [2.45, 2.75) is 31.2 Å². The second-order valence-electron chi connectivity index (χ2n) is 6.61. The minimum absolute atomic E-state index is 0.431. The Labute approximate surface area is 174 Å². The van der Waals surface area contributed by atoms with Gasteiger partial charge in [0.05, 0.1) is 29.9 Å². The molecular weight excluding hydrogens is 386 g/mol. The molecule has 7 heteroatoms. The number of nitrogens with one attached hydrogen (secondary N) is 1. The number of alkyl carbamates (subject to hydrolysis) is 1. The highest BCUT2D eigenvalue weighted by Crippen LogP contribution is 2.34. The molecule has 0 unspecified atom stereocenters. The van der Waals surface area contributed by atoms with E-state index in [1.54, 1.807) is 6.92 Å². The lowest BCUT2D eigenvalue weighted by Crippen LogP contribution is -2.36. The molecule has 3 rings (SSSR count). The first-order valence-electron chi connectivity index (χ1n) is 9.17. The summed E-state index contributed by atoms with van der Waals surface area (Å²) in [4.78, 5) is 28.3. The molecule has 0 aliphatic rings. The molecule has 1 N–H and O–H groups in total. The zero-order valence-electron chi connectivity index (χ0n) is 16.8. The third-order valence-electron chi connectivity index (χ3n) is 4.52. The fourth-order valence-corrected chi connectivity index (χ4v) is 3.96. The van der Waals surface area contributed by atoms with E-state index in [1.807, 2.05) is 42.6 Å². The molecule has 0 fully saturated rings. The van der Waals surface area contributed by atoms with Gasteiger partial charge in [-0.1, -0.05) is 60.3 Å². The molecule has 6 nitrogen and oxygen atoms in total. The van der Waals surface area contributed by atoms with E-state index < -0.39 is 17.3 Å². The lowest BCUT2D eigenvalue weighted by molar-refractivity contribution is -0.119. The molecule has 29 heavy (non-hydrogen) atoms. The van der Waals surface area contributed by atoms with Crippen LogP contribution in [0.1, 0.15) is 18.1 Å². The molecule has 3 aromatic rings. The van der Waals surface area contributed by atoms with Crippen molar-refractivity contribution in [3.63, 3.8) is 0 Å². The topological polar surface area (TPSA) is 73.2 Å². The Balaban J connectivity index is 2.06. The molecule has 0 radical (unpaired) electrons. The average Bonchev–Trinajstić information content (AvgIpc) is 3.11. The molecule has 0 saturated heterocycles. The lowest BCUT2D eigenvalue weighted by atomic mass is 10.1. The smallest absolute Gasteiger partial charge is 0.413 e. The molecule has 2 amide bonds. The SMILES string of the molecule is COC(=O)NC(=O)[C@@H](C)Sc1ncc(-c2ccccc2)n1-c1c(C)cccc1C. The van der Waals surface area contributed by atoms with E-state index in [1.165, 1.54) is 18.9 Å². The summed E-state index contributed by atoms with van der Waals surface area (Å²) in [5.74, 6) is -0.431. The van der Waals surface area contributed by atoms with Gasteiger partial charge in [0.2, 0.25) is 5.91 Å². The van der Waals surface area contributed by atoms with Gasteiger partial charge in [-0.05, 0) is 31.9 Å². The lowest BCUT2D eigenvalue weighted by Gasteiger charge is -2.18. The number of nitrogens with zero attached hydrogens (tertiary/aromatic N) is 2. The van der Waals surface area contributed by atoms with Crippen molar-refractivity contribution in [2.75, 3.05) is 7.11 Å². The van der Waals surface area contributed by atoms with Gasteiger partial charge in [0.25, 0.3) is 0 Å². The van der Waals surface area contributed by atoms with Crippen LogP contribution in [0, 0.1) is 13.8 Å². The molecule has 1 aromatic heterocycles. The number of imidazole rings is 1. The number of carbonyl (C=O) groups excluding carboxylic acids is 2. The van der Waals surface area contributed by atoms with Crippen LogP contribution < -0.4 is 5.32 Å². The Morgan fingerprint density at radius 3 is 2.34 bits per heavy atom. The monoisotopic (exact) mass is 409 g/mol. The van der Waals surface area contributed by atoms with Crippen LogP contribution in [-0.2, 0) is 9.53 Å². The number of hydrogen-bond acceptors (Lipinski definition) is 5. The molecule has 0 aliphatic heterocycles. The number of ether oxygens (including phenoxy) is 1. The largest absolute Gasteiger partial charge is 0.453 e. The number of aryl methyl sites for hydroxylation is 2. The first-order valence-corrected chi connectivity index (χ1v) is 10.1. The third kappa shape index (κ3) is 4.51. The number of rotatable bonds is 5. The number of benzene rings is 2. The molecular formula is C22H23N3O3S. The van der Waals surface area contributed by atoms with Gasteiger partial charge in [-0.3, -0.25) is 14.7 Å². The Bertz CT molecular complexity index is 1010. The summed E-state index contributed by atoms with van der Waals surface area (Å²) in [5, 5.41) is 2.35. The summed E-state index contributed by atoms with van der Waals surface area (Å²) in [6.07, 6.45) is 1.04. The van der Waals surface area contributed by atoms with Gasteiger partial charge in [0, 0.05) is 5.56 Å². The predicted molar refractivity (Wildman–Crippen MR) is 114 cm³/mol. The first kappa shape index (κ1) is 20.7. The van der Waals surface area contributed by atoms with Crippen molar-refractivity contribution in [3.8, 4) is 16.9 Å². The van der Waals surface area contributed by atoms with E-state index in [2.05, 4.69) is 45.6 Å². The second-order valence-corrected chi connectivity index (χ2v) is 7.92. The summed E-state index contributed by atoms with van der Waals surface area (Å²) < 4.78 is 6.58. The number of carbonyl (C=O) groups is 2. The van der Waals surface area contributed by atoms with E-state index in [0.717, 1.165) is 28.1 Å². The Morgan fingerprint density at radius 1 is 1.07 bits per heavy atom. The van der Waals surface area contributed by atoms with Gasteiger partial charge in [-0.2, -0.15) is 0 Å². The van der Waals surface area contributed by atoms with Crippen LogP contribution >= 0.6 is 11.8 Å². The number of imide groups is 1. The maximum Gasteiger partial charge on any atom is 0.413 e. The van der Waals surface area contributed by atoms with Crippen molar-refractivity contribution in [1.82, 2.24) is 14.9 Å². The fraction of sp³-hybridized carbons (Fsp3) is 0.227. The van der Waals surface area contributed by atoms with Crippen molar-refractivity contribution in [3.05, 3.63) is 65.9 Å². The fourth-order valence-electron chi connectivity index (χ4n) is 3.07. The van der Waals surface area contributed by atoms with Crippen molar-refractivity contribution >= 4 is 23.8 Å². The van der Waals surface area contributed by atoms with Crippen LogP contribution in [0.2, 0.25) is 0 Å². The van der Waals surface area contributed by atoms with E-state index >= 15 is 0 Å². The molecule has 0 aliphatic carbocycles.